The Labute approximate surface area is 225 Å². The van der Waals surface area contributed by atoms with E-state index in [1.807, 2.05) is 55.5 Å². The van der Waals surface area contributed by atoms with E-state index in [9.17, 15) is 14.9 Å². The number of rotatable bonds is 9. The Morgan fingerprint density at radius 2 is 1.53 bits per heavy atom. The number of hydrogen-bond donors (Lipinski definition) is 2. The van der Waals surface area contributed by atoms with Crippen LogP contribution in [0.25, 0.3) is 11.1 Å². The molecular weight excluding hydrogens is 496 g/mol. The predicted octanol–water partition coefficient (Wildman–Crippen LogP) is 6.31. The molecule has 0 aliphatic heterocycles. The number of aryl methyl sites for hydroxylation is 1. The summed E-state index contributed by atoms with van der Waals surface area (Å²) >= 11 is 1.16. The molecule has 8 heteroatoms. The van der Waals surface area contributed by atoms with Crippen molar-refractivity contribution in [2.24, 2.45) is 0 Å². The lowest BCUT2D eigenvalue weighted by Crippen LogP contribution is -2.18. The van der Waals surface area contributed by atoms with Crippen molar-refractivity contribution >= 4 is 35.0 Å². The van der Waals surface area contributed by atoms with Crippen LogP contribution in [0.3, 0.4) is 0 Å². The highest BCUT2D eigenvalue weighted by molar-refractivity contribution is 8.00. The molecule has 2 N–H and O–H groups in total. The van der Waals surface area contributed by atoms with Gasteiger partial charge in [0.25, 0.3) is 5.91 Å². The van der Waals surface area contributed by atoms with E-state index in [4.69, 9.17) is 4.74 Å². The molecule has 4 rings (SSSR count). The third-order valence-corrected chi connectivity index (χ3v) is 6.54. The summed E-state index contributed by atoms with van der Waals surface area (Å²) < 4.78 is 5.57. The number of amides is 2. The van der Waals surface area contributed by atoms with Crippen LogP contribution in [0.15, 0.2) is 90.0 Å². The smallest absolute Gasteiger partial charge is 0.258 e. The van der Waals surface area contributed by atoms with Crippen LogP contribution in [-0.4, -0.2) is 29.2 Å². The van der Waals surface area contributed by atoms with Gasteiger partial charge in [0.1, 0.15) is 16.8 Å². The molecular formula is C30H26N4O3S. The predicted molar refractivity (Wildman–Crippen MR) is 150 cm³/mol. The molecule has 2 amide bonds. The van der Waals surface area contributed by atoms with Crippen LogP contribution in [0.5, 0.6) is 5.75 Å². The van der Waals surface area contributed by atoms with Crippen LogP contribution >= 0.6 is 11.8 Å². The minimum Gasteiger partial charge on any atom is -0.494 e. The van der Waals surface area contributed by atoms with Gasteiger partial charge in [-0.2, -0.15) is 5.26 Å². The van der Waals surface area contributed by atoms with Crippen LogP contribution in [0, 0.1) is 18.3 Å². The number of nitrogens with one attached hydrogen (secondary N) is 2. The fraction of sp³-hybridized carbons (Fsp3) is 0.133. The molecule has 0 aliphatic rings. The van der Waals surface area contributed by atoms with Crippen molar-refractivity contribution in [2.75, 3.05) is 23.0 Å². The number of benzene rings is 3. The SMILES string of the molecule is CCOc1ccc(-c2c(C#N)c(SCC(=O)Nc3ccccc3)nc(C)c2C(=O)Nc2ccccc2)cc1. The first-order valence-electron chi connectivity index (χ1n) is 12.0. The van der Waals surface area contributed by atoms with Gasteiger partial charge in [-0.1, -0.05) is 60.3 Å². The zero-order valence-corrected chi connectivity index (χ0v) is 21.8. The van der Waals surface area contributed by atoms with Gasteiger partial charge in [0.15, 0.2) is 0 Å². The first kappa shape index (κ1) is 26.5. The third kappa shape index (κ3) is 6.38. The molecule has 1 aromatic heterocycles. The molecule has 0 saturated heterocycles. The first-order valence-corrected chi connectivity index (χ1v) is 13.0. The Balaban J connectivity index is 1.72. The highest BCUT2D eigenvalue weighted by atomic mass is 32.2. The molecule has 0 atom stereocenters. The minimum absolute atomic E-state index is 0.0499. The number of hydrogen-bond acceptors (Lipinski definition) is 6. The lowest BCUT2D eigenvalue weighted by molar-refractivity contribution is -0.113. The monoisotopic (exact) mass is 522 g/mol. The number of ether oxygens (including phenoxy) is 1. The maximum Gasteiger partial charge on any atom is 0.258 e. The third-order valence-electron chi connectivity index (χ3n) is 5.57. The van der Waals surface area contributed by atoms with Crippen LogP contribution in [0.1, 0.15) is 28.5 Å². The molecule has 0 unspecified atom stereocenters. The second-order valence-electron chi connectivity index (χ2n) is 8.22. The molecule has 0 spiro atoms. The normalized spacial score (nSPS) is 10.3. The number of carbonyl (C=O) groups is 2. The van der Waals surface area contributed by atoms with Crippen molar-refractivity contribution < 1.29 is 14.3 Å². The Morgan fingerprint density at radius 1 is 0.921 bits per heavy atom. The molecule has 190 valence electrons. The average Bonchev–Trinajstić information content (AvgIpc) is 2.93. The van der Waals surface area contributed by atoms with E-state index >= 15 is 0 Å². The quantitative estimate of drug-likeness (QED) is 0.250. The zero-order valence-electron chi connectivity index (χ0n) is 21.0. The van der Waals surface area contributed by atoms with Crippen LogP contribution in [0.2, 0.25) is 0 Å². The van der Waals surface area contributed by atoms with E-state index in [1.54, 1.807) is 43.3 Å². The van der Waals surface area contributed by atoms with Crippen LogP contribution in [-0.2, 0) is 4.79 Å². The summed E-state index contributed by atoms with van der Waals surface area (Å²) in [7, 11) is 0. The maximum atomic E-state index is 13.5. The zero-order chi connectivity index (χ0) is 26.9. The Hall–Kier alpha value is -4.61. The molecule has 38 heavy (non-hydrogen) atoms. The van der Waals surface area contributed by atoms with Crippen molar-refractivity contribution in [3.63, 3.8) is 0 Å². The number of carbonyl (C=O) groups excluding carboxylic acids is 2. The lowest BCUT2D eigenvalue weighted by Gasteiger charge is -2.17. The van der Waals surface area contributed by atoms with Gasteiger partial charge < -0.3 is 15.4 Å². The Bertz CT molecular complexity index is 1470. The van der Waals surface area contributed by atoms with Gasteiger partial charge in [0.2, 0.25) is 5.91 Å². The number of aromatic nitrogens is 1. The maximum absolute atomic E-state index is 13.5. The number of para-hydroxylation sites is 2. The van der Waals surface area contributed by atoms with Gasteiger partial charge in [-0.15, -0.1) is 0 Å². The Morgan fingerprint density at radius 3 is 2.11 bits per heavy atom. The highest BCUT2D eigenvalue weighted by Crippen LogP contribution is 2.36. The molecule has 0 bridgehead atoms. The van der Waals surface area contributed by atoms with E-state index in [0.717, 1.165) is 11.8 Å². The van der Waals surface area contributed by atoms with E-state index in [2.05, 4.69) is 21.7 Å². The second kappa shape index (κ2) is 12.6. The molecule has 3 aromatic carbocycles. The first-order chi connectivity index (χ1) is 18.5. The molecule has 0 aliphatic carbocycles. The van der Waals surface area contributed by atoms with Gasteiger partial charge >= 0.3 is 0 Å². The van der Waals surface area contributed by atoms with Crippen molar-refractivity contribution in [3.8, 4) is 22.9 Å². The van der Waals surface area contributed by atoms with E-state index < -0.39 is 0 Å². The number of nitrogens with zero attached hydrogens (tertiary/aromatic N) is 2. The van der Waals surface area contributed by atoms with Crippen LogP contribution in [0.4, 0.5) is 11.4 Å². The standard InChI is InChI=1S/C30H26N4O3S/c1-3-37-24-16-14-21(15-17-24)28-25(18-31)30(38-19-26(35)33-22-10-6-4-7-11-22)32-20(2)27(28)29(36)34-23-12-8-5-9-13-23/h4-17H,3,19H2,1-2H3,(H,33,35)(H,34,36). The van der Waals surface area contributed by atoms with Gasteiger partial charge in [-0.05, 0) is 55.8 Å². The molecule has 0 radical (unpaired) electrons. The van der Waals surface area contributed by atoms with Crippen molar-refractivity contribution in [1.82, 2.24) is 4.98 Å². The number of nitriles is 1. The summed E-state index contributed by atoms with van der Waals surface area (Å²) in [5.41, 5.74) is 3.43. The van der Waals surface area contributed by atoms with Crippen LogP contribution < -0.4 is 15.4 Å². The number of thioether (sulfide) groups is 1. The summed E-state index contributed by atoms with van der Waals surface area (Å²) in [6.45, 7) is 4.15. The van der Waals surface area contributed by atoms with Gasteiger partial charge in [-0.3, -0.25) is 9.59 Å². The summed E-state index contributed by atoms with van der Waals surface area (Å²) in [5, 5.41) is 16.4. The molecule has 1 heterocycles. The van der Waals surface area contributed by atoms with Gasteiger partial charge in [0, 0.05) is 16.9 Å². The van der Waals surface area contributed by atoms with Crippen molar-refractivity contribution in [2.45, 2.75) is 18.9 Å². The average molecular weight is 523 g/mol. The number of pyridine rings is 1. The summed E-state index contributed by atoms with van der Waals surface area (Å²) in [5.74, 6) is 0.134. The molecule has 4 aromatic rings. The van der Waals surface area contributed by atoms with E-state index in [1.165, 1.54) is 0 Å². The van der Waals surface area contributed by atoms with Crippen molar-refractivity contribution in [3.05, 3.63) is 102 Å². The topological polar surface area (TPSA) is 104 Å². The van der Waals surface area contributed by atoms with Gasteiger partial charge in [-0.25, -0.2) is 4.98 Å². The Kier molecular flexibility index (Phi) is 8.75. The fourth-order valence-corrected chi connectivity index (χ4v) is 4.74. The number of anilines is 2. The van der Waals surface area contributed by atoms with E-state index in [0.29, 0.717) is 51.1 Å². The summed E-state index contributed by atoms with van der Waals surface area (Å²) in [6.07, 6.45) is 0. The van der Waals surface area contributed by atoms with Crippen molar-refractivity contribution in [1.29, 1.82) is 5.26 Å². The van der Waals surface area contributed by atoms with Gasteiger partial charge in [0.05, 0.1) is 29.2 Å². The fourth-order valence-electron chi connectivity index (χ4n) is 3.90. The summed E-state index contributed by atoms with van der Waals surface area (Å²) in [6, 6.07) is 27.7. The lowest BCUT2D eigenvalue weighted by atomic mass is 9.94. The van der Waals surface area contributed by atoms with E-state index in [-0.39, 0.29) is 23.1 Å². The minimum atomic E-state index is -0.375. The highest BCUT2D eigenvalue weighted by Gasteiger charge is 2.25. The molecule has 0 saturated carbocycles. The second-order valence-corrected chi connectivity index (χ2v) is 9.18. The largest absolute Gasteiger partial charge is 0.494 e. The molecule has 7 nitrogen and oxygen atoms in total. The summed E-state index contributed by atoms with van der Waals surface area (Å²) in [4.78, 5) is 30.7. The molecule has 0 fully saturated rings.